The van der Waals surface area contributed by atoms with Gasteiger partial charge in [-0.3, -0.25) is 9.59 Å². The van der Waals surface area contributed by atoms with Crippen molar-refractivity contribution >= 4 is 11.8 Å². The van der Waals surface area contributed by atoms with Crippen LogP contribution in [0.1, 0.15) is 47.8 Å². The molecular formula is C21H26N2O2. The second-order valence-corrected chi connectivity index (χ2v) is 6.58. The van der Waals surface area contributed by atoms with Crippen molar-refractivity contribution in [2.45, 2.75) is 33.2 Å². The van der Waals surface area contributed by atoms with Crippen molar-refractivity contribution in [3.63, 3.8) is 0 Å². The van der Waals surface area contributed by atoms with Gasteiger partial charge >= 0.3 is 0 Å². The fourth-order valence-electron chi connectivity index (χ4n) is 2.72. The summed E-state index contributed by atoms with van der Waals surface area (Å²) in [6, 6.07) is 17.3. The van der Waals surface area contributed by atoms with E-state index >= 15 is 0 Å². The second-order valence-electron chi connectivity index (χ2n) is 6.58. The average Bonchev–Trinajstić information content (AvgIpc) is 2.60. The highest BCUT2D eigenvalue weighted by atomic mass is 16.2. The molecule has 0 aliphatic rings. The van der Waals surface area contributed by atoms with Crippen LogP contribution in [0.3, 0.4) is 0 Å². The summed E-state index contributed by atoms with van der Waals surface area (Å²) in [4.78, 5) is 24.3. The molecule has 0 spiro atoms. The Hall–Kier alpha value is -2.62. The van der Waals surface area contributed by atoms with E-state index in [1.807, 2.05) is 55.5 Å². The summed E-state index contributed by atoms with van der Waals surface area (Å²) >= 11 is 0. The Bertz CT molecular complexity index is 711. The quantitative estimate of drug-likeness (QED) is 0.810. The summed E-state index contributed by atoms with van der Waals surface area (Å²) in [6.45, 7) is 6.42. The molecule has 0 radical (unpaired) electrons. The van der Waals surface area contributed by atoms with Crippen LogP contribution in [0.2, 0.25) is 0 Å². The van der Waals surface area contributed by atoms with Crippen molar-refractivity contribution < 1.29 is 9.59 Å². The van der Waals surface area contributed by atoms with Gasteiger partial charge in [-0.1, -0.05) is 61.9 Å². The van der Waals surface area contributed by atoms with E-state index < -0.39 is 0 Å². The first-order valence-electron chi connectivity index (χ1n) is 8.66. The smallest absolute Gasteiger partial charge is 0.251 e. The number of aryl methyl sites for hydroxylation is 1. The van der Waals surface area contributed by atoms with Crippen molar-refractivity contribution in [3.05, 3.63) is 71.3 Å². The highest BCUT2D eigenvalue weighted by Gasteiger charge is 2.18. The lowest BCUT2D eigenvalue weighted by molar-refractivity contribution is -0.122. The minimum Gasteiger partial charge on any atom is -0.352 e. The van der Waals surface area contributed by atoms with Crippen LogP contribution in [0, 0.1) is 12.8 Å². The summed E-state index contributed by atoms with van der Waals surface area (Å²) in [5.74, 6) is 0.0697. The molecule has 0 aliphatic heterocycles. The molecule has 2 aromatic rings. The molecule has 25 heavy (non-hydrogen) atoms. The normalized spacial score (nSPS) is 11.8. The largest absolute Gasteiger partial charge is 0.352 e. The van der Waals surface area contributed by atoms with E-state index in [-0.39, 0.29) is 30.2 Å². The predicted molar refractivity (Wildman–Crippen MR) is 100 cm³/mol. The minimum absolute atomic E-state index is 0.0267. The number of hydrogen-bond acceptors (Lipinski definition) is 2. The van der Waals surface area contributed by atoms with Gasteiger partial charge in [0.25, 0.3) is 5.91 Å². The van der Waals surface area contributed by atoms with Crippen LogP contribution in [-0.4, -0.2) is 18.4 Å². The first-order valence-corrected chi connectivity index (χ1v) is 8.66. The van der Waals surface area contributed by atoms with Gasteiger partial charge in [-0.25, -0.2) is 0 Å². The van der Waals surface area contributed by atoms with Crippen LogP contribution in [0.25, 0.3) is 0 Å². The van der Waals surface area contributed by atoms with Crippen LogP contribution in [0.4, 0.5) is 0 Å². The highest BCUT2D eigenvalue weighted by molar-refractivity contribution is 5.94. The van der Waals surface area contributed by atoms with E-state index in [1.165, 1.54) is 0 Å². The topological polar surface area (TPSA) is 58.2 Å². The number of carbonyl (C=O) groups is 2. The van der Waals surface area contributed by atoms with Gasteiger partial charge in [0.05, 0.1) is 6.04 Å². The predicted octanol–water partition coefficient (Wildman–Crippen LogP) is 3.63. The molecule has 0 fully saturated rings. The fraction of sp³-hybridized carbons (Fsp3) is 0.333. The molecule has 0 saturated heterocycles. The van der Waals surface area contributed by atoms with Gasteiger partial charge in [0.1, 0.15) is 0 Å². The first-order chi connectivity index (χ1) is 12.0. The molecule has 0 aliphatic carbocycles. The van der Waals surface area contributed by atoms with Crippen molar-refractivity contribution in [2.75, 3.05) is 6.54 Å². The Balaban J connectivity index is 1.84. The lowest BCUT2D eigenvalue weighted by Gasteiger charge is -2.23. The molecule has 132 valence electrons. The average molecular weight is 338 g/mol. The molecule has 4 nitrogen and oxygen atoms in total. The molecule has 4 heteroatoms. The Morgan fingerprint density at radius 3 is 2.36 bits per heavy atom. The maximum absolute atomic E-state index is 12.2. The van der Waals surface area contributed by atoms with Crippen molar-refractivity contribution in [2.24, 2.45) is 5.92 Å². The molecule has 2 rings (SSSR count). The van der Waals surface area contributed by atoms with Gasteiger partial charge in [0.2, 0.25) is 5.91 Å². The van der Waals surface area contributed by atoms with E-state index in [9.17, 15) is 9.59 Å². The van der Waals surface area contributed by atoms with Crippen LogP contribution < -0.4 is 10.6 Å². The number of rotatable bonds is 7. The third-order valence-corrected chi connectivity index (χ3v) is 4.06. The molecule has 2 amide bonds. The fourth-order valence-corrected chi connectivity index (χ4v) is 2.72. The highest BCUT2D eigenvalue weighted by Crippen LogP contribution is 2.21. The lowest BCUT2D eigenvalue weighted by atomic mass is 9.96. The van der Waals surface area contributed by atoms with Gasteiger partial charge in [0.15, 0.2) is 0 Å². The molecular weight excluding hydrogens is 312 g/mol. The van der Waals surface area contributed by atoms with Gasteiger partial charge in [-0.2, -0.15) is 0 Å². The van der Waals surface area contributed by atoms with E-state index in [2.05, 4.69) is 24.5 Å². The van der Waals surface area contributed by atoms with Crippen molar-refractivity contribution in [1.29, 1.82) is 0 Å². The van der Waals surface area contributed by atoms with E-state index in [0.29, 0.717) is 12.1 Å². The number of nitrogens with one attached hydrogen (secondary N) is 2. The van der Waals surface area contributed by atoms with Gasteiger partial charge in [0, 0.05) is 18.5 Å². The number of carbonyl (C=O) groups excluding carboxylic acids is 2. The van der Waals surface area contributed by atoms with Crippen LogP contribution in [0.5, 0.6) is 0 Å². The molecule has 0 heterocycles. The zero-order valence-electron chi connectivity index (χ0n) is 15.1. The summed E-state index contributed by atoms with van der Waals surface area (Å²) in [5.41, 5.74) is 2.74. The zero-order chi connectivity index (χ0) is 18.2. The number of benzene rings is 2. The van der Waals surface area contributed by atoms with Crippen LogP contribution in [-0.2, 0) is 4.79 Å². The van der Waals surface area contributed by atoms with E-state index in [4.69, 9.17) is 0 Å². The van der Waals surface area contributed by atoms with Gasteiger partial charge in [-0.05, 0) is 30.5 Å². The number of hydrogen-bond donors (Lipinski definition) is 2. The molecule has 0 aromatic heterocycles. The summed E-state index contributed by atoms with van der Waals surface area (Å²) in [7, 11) is 0. The molecule has 0 saturated carbocycles. The monoisotopic (exact) mass is 338 g/mol. The van der Waals surface area contributed by atoms with Crippen LogP contribution >= 0.6 is 0 Å². The maximum Gasteiger partial charge on any atom is 0.251 e. The van der Waals surface area contributed by atoms with Crippen LogP contribution in [0.15, 0.2) is 54.6 Å². The lowest BCUT2D eigenvalue weighted by Crippen LogP contribution is -2.34. The maximum atomic E-state index is 12.2. The first kappa shape index (κ1) is 18.7. The summed E-state index contributed by atoms with van der Waals surface area (Å²) in [5, 5.41) is 5.86. The van der Waals surface area contributed by atoms with Crippen molar-refractivity contribution in [3.8, 4) is 0 Å². The van der Waals surface area contributed by atoms with E-state index in [1.54, 1.807) is 6.07 Å². The standard InChI is InChI=1S/C21H26N2O2/c1-15(2)20(17-9-5-4-6-10-17)23-19(24)12-13-22-21(25)18-11-7-8-16(3)14-18/h4-11,14-15,20H,12-13H2,1-3H3,(H,22,25)(H,23,24). The molecule has 2 N–H and O–H groups in total. The van der Waals surface area contributed by atoms with Gasteiger partial charge in [-0.15, -0.1) is 0 Å². The Morgan fingerprint density at radius 2 is 1.72 bits per heavy atom. The Labute approximate surface area is 149 Å². The minimum atomic E-state index is -0.153. The van der Waals surface area contributed by atoms with E-state index in [0.717, 1.165) is 11.1 Å². The third kappa shape index (κ3) is 5.75. The molecule has 2 aromatic carbocycles. The summed E-state index contributed by atoms with van der Waals surface area (Å²) < 4.78 is 0. The third-order valence-electron chi connectivity index (χ3n) is 4.06. The summed E-state index contributed by atoms with van der Waals surface area (Å²) in [6.07, 6.45) is 0.258. The number of amides is 2. The zero-order valence-corrected chi connectivity index (χ0v) is 15.1. The Morgan fingerprint density at radius 1 is 1.00 bits per heavy atom. The molecule has 1 atom stereocenters. The molecule has 0 bridgehead atoms. The Kier molecular flexibility index (Phi) is 6.75. The SMILES string of the molecule is Cc1cccc(C(=O)NCCC(=O)NC(c2ccccc2)C(C)C)c1. The molecule has 1 unspecified atom stereocenters. The second kappa shape index (κ2) is 9.02. The van der Waals surface area contributed by atoms with Gasteiger partial charge < -0.3 is 10.6 Å². The van der Waals surface area contributed by atoms with Crippen molar-refractivity contribution in [1.82, 2.24) is 10.6 Å².